The molecule has 4 nitrogen and oxygen atoms in total. The fraction of sp³-hybridized carbons (Fsp3) is 0.706. The van der Waals surface area contributed by atoms with Crippen molar-refractivity contribution >= 4 is 17.2 Å². The number of piperidine rings is 1. The number of thiophene rings is 1. The number of carbonyl (C=O) groups excluding carboxylic acids is 1. The Bertz CT molecular complexity index is 468. The predicted molar refractivity (Wildman–Crippen MR) is 91.1 cm³/mol. The van der Waals surface area contributed by atoms with Crippen LogP contribution < -0.4 is 0 Å². The van der Waals surface area contributed by atoms with Gasteiger partial charge < -0.3 is 9.80 Å². The molecule has 1 unspecified atom stereocenters. The molecule has 0 radical (unpaired) electrons. The van der Waals surface area contributed by atoms with Crippen molar-refractivity contribution in [3.63, 3.8) is 0 Å². The van der Waals surface area contributed by atoms with E-state index in [9.17, 15) is 4.79 Å². The molecule has 1 atom stereocenters. The van der Waals surface area contributed by atoms with Crippen LogP contribution in [0.1, 0.15) is 30.6 Å². The van der Waals surface area contributed by atoms with E-state index in [2.05, 4.69) is 39.3 Å². The normalized spacial score (nSPS) is 24.6. The van der Waals surface area contributed by atoms with Crippen LogP contribution in [0, 0.1) is 0 Å². The monoisotopic (exact) mass is 321 g/mol. The van der Waals surface area contributed by atoms with Crippen LogP contribution in [0.25, 0.3) is 0 Å². The molecule has 0 aromatic carbocycles. The SMILES string of the molecule is CN1CCCCC1CC(=O)N1CCN(Cc2cccs2)CC1. The highest BCUT2D eigenvalue weighted by Gasteiger charge is 2.26. The molecule has 3 heterocycles. The van der Waals surface area contributed by atoms with Crippen LogP contribution >= 0.6 is 11.3 Å². The predicted octanol–water partition coefficient (Wildman–Crippen LogP) is 2.27. The lowest BCUT2D eigenvalue weighted by atomic mass is 9.99. The minimum absolute atomic E-state index is 0.356. The quantitative estimate of drug-likeness (QED) is 0.851. The lowest BCUT2D eigenvalue weighted by Gasteiger charge is -2.37. The Morgan fingerprint density at radius 1 is 1.23 bits per heavy atom. The fourth-order valence-electron chi connectivity index (χ4n) is 3.51. The second kappa shape index (κ2) is 7.57. The van der Waals surface area contributed by atoms with Crippen molar-refractivity contribution in [2.75, 3.05) is 39.8 Å². The van der Waals surface area contributed by atoms with Crippen molar-refractivity contribution in [3.05, 3.63) is 22.4 Å². The molecule has 5 heteroatoms. The van der Waals surface area contributed by atoms with E-state index >= 15 is 0 Å². The summed E-state index contributed by atoms with van der Waals surface area (Å²) in [4.78, 5) is 20.8. The number of hydrogen-bond acceptors (Lipinski definition) is 4. The third kappa shape index (κ3) is 4.09. The number of piperazine rings is 1. The number of rotatable bonds is 4. The van der Waals surface area contributed by atoms with Crippen LogP contribution in [0.15, 0.2) is 17.5 Å². The average Bonchev–Trinajstić information content (AvgIpc) is 3.03. The summed E-state index contributed by atoms with van der Waals surface area (Å²) in [5.74, 6) is 0.356. The van der Waals surface area contributed by atoms with Gasteiger partial charge in [0, 0.05) is 50.1 Å². The summed E-state index contributed by atoms with van der Waals surface area (Å²) in [6, 6.07) is 4.77. The van der Waals surface area contributed by atoms with E-state index in [1.54, 1.807) is 0 Å². The molecule has 2 fully saturated rings. The molecule has 1 aromatic rings. The molecule has 0 bridgehead atoms. The van der Waals surface area contributed by atoms with Crippen LogP contribution in [-0.2, 0) is 11.3 Å². The van der Waals surface area contributed by atoms with Crippen LogP contribution in [0.3, 0.4) is 0 Å². The molecule has 22 heavy (non-hydrogen) atoms. The second-order valence-electron chi connectivity index (χ2n) is 6.57. The van der Waals surface area contributed by atoms with E-state index in [-0.39, 0.29) is 0 Å². The van der Waals surface area contributed by atoms with Gasteiger partial charge in [-0.15, -0.1) is 11.3 Å². The van der Waals surface area contributed by atoms with Gasteiger partial charge in [-0.1, -0.05) is 12.5 Å². The van der Waals surface area contributed by atoms with E-state index in [4.69, 9.17) is 0 Å². The third-order valence-corrected chi connectivity index (χ3v) is 5.88. The summed E-state index contributed by atoms with van der Waals surface area (Å²) in [6.45, 7) is 5.97. The zero-order valence-corrected chi connectivity index (χ0v) is 14.4. The molecule has 0 aliphatic carbocycles. The Balaban J connectivity index is 1.43. The Morgan fingerprint density at radius 2 is 2.05 bits per heavy atom. The lowest BCUT2D eigenvalue weighted by Crippen LogP contribution is -2.50. The van der Waals surface area contributed by atoms with Gasteiger partial charge in [0.1, 0.15) is 0 Å². The van der Waals surface area contributed by atoms with Crippen LogP contribution in [-0.4, -0.2) is 66.4 Å². The highest BCUT2D eigenvalue weighted by molar-refractivity contribution is 7.09. The maximum Gasteiger partial charge on any atom is 0.224 e. The van der Waals surface area contributed by atoms with Crippen LogP contribution in [0.2, 0.25) is 0 Å². The molecule has 0 N–H and O–H groups in total. The minimum atomic E-state index is 0.356. The van der Waals surface area contributed by atoms with Gasteiger partial charge in [0.2, 0.25) is 5.91 Å². The first-order valence-corrected chi connectivity index (χ1v) is 9.33. The first kappa shape index (κ1) is 16.0. The van der Waals surface area contributed by atoms with E-state index in [0.717, 1.165) is 39.3 Å². The Morgan fingerprint density at radius 3 is 2.73 bits per heavy atom. The molecule has 2 aliphatic heterocycles. The van der Waals surface area contributed by atoms with Gasteiger partial charge in [0.25, 0.3) is 0 Å². The summed E-state index contributed by atoms with van der Waals surface area (Å²) in [7, 11) is 2.16. The van der Waals surface area contributed by atoms with Crippen molar-refractivity contribution in [1.29, 1.82) is 0 Å². The van der Waals surface area contributed by atoms with Crippen molar-refractivity contribution in [1.82, 2.24) is 14.7 Å². The van der Waals surface area contributed by atoms with Gasteiger partial charge in [-0.2, -0.15) is 0 Å². The summed E-state index contributed by atoms with van der Waals surface area (Å²) in [6.07, 6.45) is 4.45. The van der Waals surface area contributed by atoms with Gasteiger partial charge in [0.05, 0.1) is 0 Å². The smallest absolute Gasteiger partial charge is 0.224 e. The summed E-state index contributed by atoms with van der Waals surface area (Å²) in [5.41, 5.74) is 0. The van der Waals surface area contributed by atoms with Crippen molar-refractivity contribution in [2.45, 2.75) is 38.3 Å². The first-order valence-electron chi connectivity index (χ1n) is 8.45. The summed E-state index contributed by atoms with van der Waals surface area (Å²) < 4.78 is 0. The van der Waals surface area contributed by atoms with Crippen LogP contribution in [0.4, 0.5) is 0 Å². The topological polar surface area (TPSA) is 26.8 Å². The second-order valence-corrected chi connectivity index (χ2v) is 7.60. The van der Waals surface area contributed by atoms with Crippen LogP contribution in [0.5, 0.6) is 0 Å². The molecule has 2 saturated heterocycles. The van der Waals surface area contributed by atoms with Gasteiger partial charge in [-0.3, -0.25) is 9.69 Å². The van der Waals surface area contributed by atoms with E-state index in [1.165, 1.54) is 24.1 Å². The lowest BCUT2D eigenvalue weighted by molar-refractivity contribution is -0.134. The van der Waals surface area contributed by atoms with Gasteiger partial charge in [-0.25, -0.2) is 0 Å². The molecule has 3 rings (SSSR count). The van der Waals surface area contributed by atoms with Gasteiger partial charge in [-0.05, 0) is 37.9 Å². The van der Waals surface area contributed by atoms with Crippen molar-refractivity contribution in [3.8, 4) is 0 Å². The largest absolute Gasteiger partial charge is 0.340 e. The zero-order chi connectivity index (χ0) is 15.4. The van der Waals surface area contributed by atoms with Gasteiger partial charge >= 0.3 is 0 Å². The first-order chi connectivity index (χ1) is 10.7. The average molecular weight is 321 g/mol. The molecule has 0 saturated carbocycles. The molecular weight excluding hydrogens is 294 g/mol. The number of nitrogens with zero attached hydrogens (tertiary/aromatic N) is 3. The standard InChI is InChI=1S/C17H27N3OS/c1-18-7-3-2-5-15(18)13-17(21)20-10-8-19(9-11-20)14-16-6-4-12-22-16/h4,6,12,15H,2-3,5,7-11,13-14H2,1H3. The molecule has 2 aliphatic rings. The number of amides is 1. The third-order valence-electron chi connectivity index (χ3n) is 5.02. The minimum Gasteiger partial charge on any atom is -0.340 e. The highest BCUT2D eigenvalue weighted by Crippen LogP contribution is 2.19. The van der Waals surface area contributed by atoms with Crippen molar-refractivity contribution < 1.29 is 4.79 Å². The Labute approximate surface area is 137 Å². The Hall–Kier alpha value is -0.910. The number of hydrogen-bond donors (Lipinski definition) is 0. The summed E-state index contributed by atoms with van der Waals surface area (Å²) >= 11 is 1.82. The molecular formula is C17H27N3OS. The molecule has 1 amide bonds. The Kier molecular flexibility index (Phi) is 5.50. The maximum absolute atomic E-state index is 12.5. The zero-order valence-electron chi connectivity index (χ0n) is 13.5. The number of carbonyl (C=O) groups is 1. The maximum atomic E-state index is 12.5. The highest BCUT2D eigenvalue weighted by atomic mass is 32.1. The van der Waals surface area contributed by atoms with Crippen molar-refractivity contribution in [2.24, 2.45) is 0 Å². The summed E-state index contributed by atoms with van der Waals surface area (Å²) in [5, 5.41) is 2.13. The molecule has 1 aromatic heterocycles. The fourth-order valence-corrected chi connectivity index (χ4v) is 4.26. The van der Waals surface area contributed by atoms with Gasteiger partial charge in [0.15, 0.2) is 0 Å². The van der Waals surface area contributed by atoms with E-state index < -0.39 is 0 Å². The molecule has 122 valence electrons. The molecule has 0 spiro atoms. The van der Waals surface area contributed by atoms with E-state index in [0.29, 0.717) is 18.4 Å². The number of likely N-dealkylation sites (tertiary alicyclic amines) is 1. The van der Waals surface area contributed by atoms with E-state index in [1.807, 2.05) is 11.3 Å².